The van der Waals surface area contributed by atoms with Gasteiger partial charge in [0.25, 0.3) is 0 Å². The highest BCUT2D eigenvalue weighted by Gasteiger charge is 2.47. The van der Waals surface area contributed by atoms with Crippen molar-refractivity contribution in [2.45, 2.75) is 31.2 Å². The highest BCUT2D eigenvalue weighted by molar-refractivity contribution is 5.85. The second-order valence-electron chi connectivity index (χ2n) is 9.02. The van der Waals surface area contributed by atoms with Crippen LogP contribution in [0.15, 0.2) is 54.6 Å². The minimum atomic E-state index is -0.344. The molecule has 2 aromatic carbocycles. The SMILES string of the molecule is CNCC1(C(=O)N2CCC(c3ccccc3)(N(C)C)CC2)Cc2ccccc2C1. The standard InChI is InChI=1S/C25H33N3O/c1-26-19-24(17-20-9-7-8-10-21(20)18-24)23(29)28-15-13-25(14-16-28,27(2)3)22-11-5-4-6-12-22/h4-12,26H,13-19H2,1-3H3. The van der Waals surface area contributed by atoms with E-state index in [1.165, 1.54) is 16.7 Å². The molecule has 29 heavy (non-hydrogen) atoms. The molecule has 2 aromatic rings. The van der Waals surface area contributed by atoms with Gasteiger partial charge >= 0.3 is 0 Å². The third-order valence-electron chi connectivity index (χ3n) is 7.19. The van der Waals surface area contributed by atoms with Crippen molar-refractivity contribution in [1.82, 2.24) is 15.1 Å². The molecular weight excluding hydrogens is 358 g/mol. The highest BCUT2D eigenvalue weighted by atomic mass is 16.2. The molecule has 1 aliphatic heterocycles. The largest absolute Gasteiger partial charge is 0.342 e. The Hall–Kier alpha value is -2.17. The van der Waals surface area contributed by atoms with Gasteiger partial charge in [-0.3, -0.25) is 9.69 Å². The van der Waals surface area contributed by atoms with E-state index in [4.69, 9.17) is 0 Å². The van der Waals surface area contributed by atoms with Crippen LogP contribution in [0.4, 0.5) is 0 Å². The van der Waals surface area contributed by atoms with Crippen molar-refractivity contribution in [3.63, 3.8) is 0 Å². The first-order valence-corrected chi connectivity index (χ1v) is 10.7. The molecule has 1 aliphatic carbocycles. The average Bonchev–Trinajstić information content (AvgIpc) is 3.13. The fourth-order valence-electron chi connectivity index (χ4n) is 5.54. The monoisotopic (exact) mass is 391 g/mol. The highest BCUT2D eigenvalue weighted by Crippen LogP contribution is 2.41. The Kier molecular flexibility index (Phi) is 5.50. The van der Waals surface area contributed by atoms with Crippen molar-refractivity contribution in [3.8, 4) is 0 Å². The third kappa shape index (κ3) is 3.49. The normalized spacial score (nSPS) is 19.9. The first-order chi connectivity index (χ1) is 14.0. The van der Waals surface area contributed by atoms with Crippen LogP contribution in [0.2, 0.25) is 0 Å². The third-order valence-corrected chi connectivity index (χ3v) is 7.19. The summed E-state index contributed by atoms with van der Waals surface area (Å²) in [7, 11) is 6.29. The lowest BCUT2D eigenvalue weighted by Gasteiger charge is -2.48. The molecule has 4 heteroatoms. The molecule has 0 unspecified atom stereocenters. The summed E-state index contributed by atoms with van der Waals surface area (Å²) in [5.41, 5.74) is 3.69. The van der Waals surface area contributed by atoms with E-state index in [9.17, 15) is 4.79 Å². The molecule has 1 amide bonds. The Morgan fingerprint density at radius 3 is 2.03 bits per heavy atom. The molecule has 0 atom stereocenters. The van der Waals surface area contributed by atoms with Crippen molar-refractivity contribution in [1.29, 1.82) is 0 Å². The molecule has 0 saturated carbocycles. The predicted octanol–water partition coefficient (Wildman–Crippen LogP) is 3.07. The van der Waals surface area contributed by atoms with Gasteiger partial charge in [-0.2, -0.15) is 0 Å². The molecule has 0 spiro atoms. The van der Waals surface area contributed by atoms with Gasteiger partial charge in [-0.25, -0.2) is 0 Å². The van der Waals surface area contributed by atoms with Gasteiger partial charge in [-0.15, -0.1) is 0 Å². The topological polar surface area (TPSA) is 35.6 Å². The zero-order valence-electron chi connectivity index (χ0n) is 17.9. The van der Waals surface area contributed by atoms with Crippen LogP contribution in [-0.2, 0) is 23.2 Å². The van der Waals surface area contributed by atoms with Gasteiger partial charge in [0, 0.05) is 25.2 Å². The number of fused-ring (bicyclic) bond motifs is 1. The van der Waals surface area contributed by atoms with E-state index in [1.54, 1.807) is 0 Å². The van der Waals surface area contributed by atoms with Gasteiger partial charge < -0.3 is 10.2 Å². The Bertz CT molecular complexity index is 828. The molecule has 1 heterocycles. The molecule has 4 rings (SSSR count). The second-order valence-corrected chi connectivity index (χ2v) is 9.02. The minimum Gasteiger partial charge on any atom is -0.342 e. The molecule has 2 aliphatic rings. The number of likely N-dealkylation sites (tertiary alicyclic amines) is 1. The number of rotatable bonds is 5. The van der Waals surface area contributed by atoms with E-state index < -0.39 is 0 Å². The van der Waals surface area contributed by atoms with E-state index in [0.717, 1.165) is 45.3 Å². The van der Waals surface area contributed by atoms with Crippen LogP contribution in [0.25, 0.3) is 0 Å². The van der Waals surface area contributed by atoms with Crippen molar-refractivity contribution < 1.29 is 4.79 Å². The molecule has 4 nitrogen and oxygen atoms in total. The Labute approximate surface area is 174 Å². The van der Waals surface area contributed by atoms with Crippen LogP contribution in [0.5, 0.6) is 0 Å². The summed E-state index contributed by atoms with van der Waals surface area (Å²) in [6, 6.07) is 19.3. The summed E-state index contributed by atoms with van der Waals surface area (Å²) in [4.78, 5) is 18.2. The zero-order chi connectivity index (χ0) is 20.5. The first-order valence-electron chi connectivity index (χ1n) is 10.7. The van der Waals surface area contributed by atoms with E-state index in [-0.39, 0.29) is 11.0 Å². The average molecular weight is 392 g/mol. The number of amides is 1. The van der Waals surface area contributed by atoms with Crippen molar-refractivity contribution in [2.75, 3.05) is 40.8 Å². The molecule has 1 N–H and O–H groups in total. The van der Waals surface area contributed by atoms with Gasteiger partial charge in [0.2, 0.25) is 5.91 Å². The molecule has 0 aromatic heterocycles. The Morgan fingerprint density at radius 1 is 0.966 bits per heavy atom. The fraction of sp³-hybridized carbons (Fsp3) is 0.480. The van der Waals surface area contributed by atoms with Gasteiger partial charge in [-0.1, -0.05) is 54.6 Å². The number of carbonyl (C=O) groups is 1. The summed E-state index contributed by atoms with van der Waals surface area (Å²) in [6.45, 7) is 2.36. The lowest BCUT2D eigenvalue weighted by Crippen LogP contribution is -2.56. The van der Waals surface area contributed by atoms with Crippen LogP contribution < -0.4 is 5.32 Å². The Morgan fingerprint density at radius 2 is 1.52 bits per heavy atom. The summed E-state index contributed by atoms with van der Waals surface area (Å²) >= 11 is 0. The fourth-order valence-corrected chi connectivity index (χ4v) is 5.54. The maximum absolute atomic E-state index is 13.8. The second kappa shape index (κ2) is 7.92. The van der Waals surface area contributed by atoms with Crippen LogP contribution in [0.3, 0.4) is 0 Å². The number of nitrogens with zero attached hydrogens (tertiary/aromatic N) is 2. The van der Waals surface area contributed by atoms with Crippen LogP contribution in [0, 0.1) is 5.41 Å². The quantitative estimate of drug-likeness (QED) is 0.851. The van der Waals surface area contributed by atoms with E-state index in [1.807, 2.05) is 7.05 Å². The van der Waals surface area contributed by atoms with Gasteiger partial charge in [-0.05, 0) is 63.5 Å². The molecule has 1 saturated heterocycles. The number of benzene rings is 2. The molecule has 0 radical (unpaired) electrons. The predicted molar refractivity (Wildman–Crippen MR) is 118 cm³/mol. The Balaban J connectivity index is 1.54. The van der Waals surface area contributed by atoms with Crippen LogP contribution in [0.1, 0.15) is 29.5 Å². The summed E-state index contributed by atoms with van der Waals surface area (Å²) in [5, 5.41) is 3.31. The maximum Gasteiger partial charge on any atom is 0.230 e. The first kappa shape index (κ1) is 20.1. The summed E-state index contributed by atoms with van der Waals surface area (Å²) in [5.74, 6) is 0.323. The lowest BCUT2D eigenvalue weighted by molar-refractivity contribution is -0.144. The maximum atomic E-state index is 13.8. The van der Waals surface area contributed by atoms with Crippen molar-refractivity contribution in [3.05, 3.63) is 71.3 Å². The van der Waals surface area contributed by atoms with Gasteiger partial charge in [0.15, 0.2) is 0 Å². The van der Waals surface area contributed by atoms with Gasteiger partial charge in [0.05, 0.1) is 5.41 Å². The lowest BCUT2D eigenvalue weighted by atomic mass is 9.77. The molecule has 154 valence electrons. The van der Waals surface area contributed by atoms with Crippen LogP contribution >= 0.6 is 0 Å². The molecule has 1 fully saturated rings. The van der Waals surface area contributed by atoms with Crippen LogP contribution in [-0.4, -0.2) is 56.5 Å². The zero-order valence-corrected chi connectivity index (χ0v) is 17.9. The molecular formula is C25H33N3O. The molecule has 0 bridgehead atoms. The number of nitrogens with one attached hydrogen (secondary N) is 1. The van der Waals surface area contributed by atoms with Crippen molar-refractivity contribution in [2.24, 2.45) is 5.41 Å². The van der Waals surface area contributed by atoms with E-state index in [2.05, 4.69) is 83.8 Å². The number of piperidine rings is 1. The number of carbonyl (C=O) groups excluding carboxylic acids is 1. The number of hydrogen-bond donors (Lipinski definition) is 1. The van der Waals surface area contributed by atoms with Gasteiger partial charge in [0.1, 0.15) is 0 Å². The van der Waals surface area contributed by atoms with Crippen molar-refractivity contribution >= 4 is 5.91 Å². The number of hydrogen-bond acceptors (Lipinski definition) is 3. The van der Waals surface area contributed by atoms with E-state index >= 15 is 0 Å². The van der Waals surface area contributed by atoms with E-state index in [0.29, 0.717) is 5.91 Å². The smallest absolute Gasteiger partial charge is 0.230 e. The summed E-state index contributed by atoms with van der Waals surface area (Å²) < 4.78 is 0. The minimum absolute atomic E-state index is 0.00679. The summed E-state index contributed by atoms with van der Waals surface area (Å²) in [6.07, 6.45) is 3.63.